The molecule has 2 aromatic rings. The second-order valence-electron chi connectivity index (χ2n) is 4.08. The highest BCUT2D eigenvalue weighted by Gasteiger charge is 2.15. The average Bonchev–Trinajstić information content (AvgIpc) is 2.33. The maximum absolute atomic E-state index is 12.1. The molecule has 0 saturated heterocycles. The smallest absolute Gasteiger partial charge is 0.263 e. The standard InChI is InChI=1S/C12H13N3O3S/c1-8-3-5-11(9(2)14-8)15-19(17,18)10-4-6-12(16)13-7-10/h3-7,15H,1-2H3,(H,13,16). The number of hydrogen-bond acceptors (Lipinski definition) is 4. The summed E-state index contributed by atoms with van der Waals surface area (Å²) < 4.78 is 26.6. The SMILES string of the molecule is Cc1ccc(NS(=O)(=O)c2ccc(=O)[nH]c2)c(C)n1. The Bertz CT molecular complexity index is 746. The van der Waals surface area contributed by atoms with Gasteiger partial charge in [0.1, 0.15) is 4.90 Å². The summed E-state index contributed by atoms with van der Waals surface area (Å²) in [6, 6.07) is 5.78. The van der Waals surface area contributed by atoms with Gasteiger partial charge >= 0.3 is 0 Å². The first kappa shape index (κ1) is 13.3. The first-order chi connectivity index (χ1) is 8.88. The number of aryl methyl sites for hydroxylation is 2. The molecular formula is C12H13N3O3S. The van der Waals surface area contributed by atoms with Gasteiger partial charge in [-0.05, 0) is 32.0 Å². The summed E-state index contributed by atoms with van der Waals surface area (Å²) in [6.45, 7) is 3.55. The molecule has 19 heavy (non-hydrogen) atoms. The van der Waals surface area contributed by atoms with Crippen LogP contribution in [-0.2, 0) is 10.0 Å². The van der Waals surface area contributed by atoms with Crippen LogP contribution in [-0.4, -0.2) is 18.4 Å². The van der Waals surface area contributed by atoms with Crippen molar-refractivity contribution in [2.75, 3.05) is 4.72 Å². The van der Waals surface area contributed by atoms with Crippen molar-refractivity contribution in [2.45, 2.75) is 18.7 Å². The predicted octanol–water partition coefficient (Wildman–Crippen LogP) is 1.19. The Morgan fingerprint density at radius 3 is 2.47 bits per heavy atom. The van der Waals surface area contributed by atoms with Crippen LogP contribution in [0.15, 0.2) is 40.2 Å². The largest absolute Gasteiger partial charge is 0.328 e. The number of nitrogens with one attached hydrogen (secondary N) is 2. The van der Waals surface area contributed by atoms with E-state index in [0.717, 1.165) is 18.0 Å². The number of pyridine rings is 2. The van der Waals surface area contributed by atoms with Crippen LogP contribution in [0.2, 0.25) is 0 Å². The Labute approximate surface area is 110 Å². The van der Waals surface area contributed by atoms with E-state index in [1.807, 2.05) is 6.92 Å². The molecule has 2 heterocycles. The van der Waals surface area contributed by atoms with Crippen molar-refractivity contribution in [3.63, 3.8) is 0 Å². The number of aromatic amines is 1. The summed E-state index contributed by atoms with van der Waals surface area (Å²) in [4.78, 5) is 17.4. The van der Waals surface area contributed by atoms with E-state index in [9.17, 15) is 13.2 Å². The van der Waals surface area contributed by atoms with Gasteiger partial charge in [-0.15, -0.1) is 0 Å². The zero-order chi connectivity index (χ0) is 14.0. The first-order valence-electron chi connectivity index (χ1n) is 5.54. The van der Waals surface area contributed by atoms with Crippen molar-refractivity contribution < 1.29 is 8.42 Å². The van der Waals surface area contributed by atoms with E-state index in [0.29, 0.717) is 11.4 Å². The van der Waals surface area contributed by atoms with Gasteiger partial charge < -0.3 is 4.98 Å². The zero-order valence-corrected chi connectivity index (χ0v) is 11.3. The number of nitrogens with zero attached hydrogens (tertiary/aromatic N) is 1. The molecule has 0 bridgehead atoms. The lowest BCUT2D eigenvalue weighted by atomic mass is 10.3. The van der Waals surface area contributed by atoms with E-state index < -0.39 is 10.0 Å². The van der Waals surface area contributed by atoms with Crippen molar-refractivity contribution in [3.8, 4) is 0 Å². The van der Waals surface area contributed by atoms with Gasteiger partial charge in [-0.2, -0.15) is 0 Å². The van der Waals surface area contributed by atoms with Crippen molar-refractivity contribution in [2.24, 2.45) is 0 Å². The first-order valence-corrected chi connectivity index (χ1v) is 7.02. The lowest BCUT2D eigenvalue weighted by Gasteiger charge is -2.10. The molecule has 0 aliphatic carbocycles. The van der Waals surface area contributed by atoms with E-state index in [1.165, 1.54) is 6.07 Å². The average molecular weight is 279 g/mol. The highest BCUT2D eigenvalue weighted by molar-refractivity contribution is 7.92. The fraction of sp³-hybridized carbons (Fsp3) is 0.167. The van der Waals surface area contributed by atoms with Crippen LogP contribution in [0.4, 0.5) is 5.69 Å². The van der Waals surface area contributed by atoms with E-state index in [-0.39, 0.29) is 10.5 Å². The molecule has 0 atom stereocenters. The van der Waals surface area contributed by atoms with Gasteiger partial charge in [0, 0.05) is 18.0 Å². The Balaban J connectivity index is 2.36. The van der Waals surface area contributed by atoms with Crippen LogP contribution < -0.4 is 10.3 Å². The molecule has 0 fully saturated rings. The summed E-state index contributed by atoms with van der Waals surface area (Å²) >= 11 is 0. The van der Waals surface area contributed by atoms with Crippen molar-refractivity contribution in [1.82, 2.24) is 9.97 Å². The number of H-pyrrole nitrogens is 1. The molecule has 0 aromatic carbocycles. The van der Waals surface area contributed by atoms with Crippen LogP contribution in [0.3, 0.4) is 0 Å². The fourth-order valence-electron chi connectivity index (χ4n) is 1.56. The molecule has 0 aliphatic rings. The topological polar surface area (TPSA) is 91.9 Å². The molecule has 0 unspecified atom stereocenters. The van der Waals surface area contributed by atoms with E-state index >= 15 is 0 Å². The van der Waals surface area contributed by atoms with Crippen molar-refractivity contribution in [3.05, 3.63) is 52.2 Å². The maximum Gasteiger partial charge on any atom is 0.263 e. The number of sulfonamides is 1. The maximum atomic E-state index is 12.1. The Hall–Kier alpha value is -2.15. The molecule has 0 aliphatic heterocycles. The third-order valence-electron chi connectivity index (χ3n) is 2.54. The molecule has 7 heteroatoms. The molecule has 2 aromatic heterocycles. The number of hydrogen-bond donors (Lipinski definition) is 2. The summed E-state index contributed by atoms with van der Waals surface area (Å²) in [6.07, 6.45) is 1.15. The van der Waals surface area contributed by atoms with Crippen LogP contribution in [0.5, 0.6) is 0 Å². The minimum absolute atomic E-state index is 0.00734. The summed E-state index contributed by atoms with van der Waals surface area (Å²) in [5.41, 5.74) is 1.46. The lowest BCUT2D eigenvalue weighted by Crippen LogP contribution is -2.16. The monoisotopic (exact) mass is 279 g/mol. The summed E-state index contributed by atoms with van der Waals surface area (Å²) in [5.74, 6) is 0. The number of anilines is 1. The highest BCUT2D eigenvalue weighted by Crippen LogP contribution is 2.17. The Morgan fingerprint density at radius 1 is 1.16 bits per heavy atom. The van der Waals surface area contributed by atoms with Gasteiger partial charge in [0.25, 0.3) is 10.0 Å². The third-order valence-corrected chi connectivity index (χ3v) is 3.90. The van der Waals surface area contributed by atoms with Crippen LogP contribution in [0.1, 0.15) is 11.4 Å². The molecule has 0 radical (unpaired) electrons. The van der Waals surface area contributed by atoms with Gasteiger partial charge in [0.2, 0.25) is 5.56 Å². The second kappa shape index (κ2) is 4.85. The molecule has 0 spiro atoms. The number of aromatic nitrogens is 2. The molecule has 100 valence electrons. The predicted molar refractivity (Wildman–Crippen MR) is 71.6 cm³/mol. The third kappa shape index (κ3) is 3.00. The van der Waals surface area contributed by atoms with Crippen LogP contribution >= 0.6 is 0 Å². The van der Waals surface area contributed by atoms with Crippen LogP contribution in [0.25, 0.3) is 0 Å². The van der Waals surface area contributed by atoms with E-state index in [2.05, 4.69) is 14.7 Å². The molecule has 0 saturated carbocycles. The van der Waals surface area contributed by atoms with Gasteiger partial charge in [-0.25, -0.2) is 8.42 Å². The molecular weight excluding hydrogens is 266 g/mol. The highest BCUT2D eigenvalue weighted by atomic mass is 32.2. The second-order valence-corrected chi connectivity index (χ2v) is 5.76. The van der Waals surface area contributed by atoms with Crippen molar-refractivity contribution in [1.29, 1.82) is 0 Å². The quantitative estimate of drug-likeness (QED) is 0.882. The summed E-state index contributed by atoms with van der Waals surface area (Å²) in [5, 5.41) is 0. The van der Waals surface area contributed by atoms with Gasteiger partial charge in [0.15, 0.2) is 0 Å². The zero-order valence-electron chi connectivity index (χ0n) is 10.5. The Morgan fingerprint density at radius 2 is 1.89 bits per heavy atom. The fourth-order valence-corrected chi connectivity index (χ4v) is 2.65. The molecule has 2 N–H and O–H groups in total. The molecule has 0 amide bonds. The molecule has 2 rings (SSSR count). The van der Waals surface area contributed by atoms with E-state index in [4.69, 9.17) is 0 Å². The van der Waals surface area contributed by atoms with Gasteiger partial charge in [-0.1, -0.05) is 0 Å². The summed E-state index contributed by atoms with van der Waals surface area (Å²) in [7, 11) is -3.73. The lowest BCUT2D eigenvalue weighted by molar-refractivity contribution is 0.600. The van der Waals surface area contributed by atoms with Crippen LogP contribution in [0, 0.1) is 13.8 Å². The molecule has 6 nitrogen and oxygen atoms in total. The van der Waals surface area contributed by atoms with E-state index in [1.54, 1.807) is 19.1 Å². The van der Waals surface area contributed by atoms with Gasteiger partial charge in [0.05, 0.1) is 11.4 Å². The van der Waals surface area contributed by atoms with Gasteiger partial charge in [-0.3, -0.25) is 14.5 Å². The Kier molecular flexibility index (Phi) is 3.39. The minimum Gasteiger partial charge on any atom is -0.328 e. The number of rotatable bonds is 3. The van der Waals surface area contributed by atoms with Crippen molar-refractivity contribution >= 4 is 15.7 Å². The normalized spacial score (nSPS) is 11.3. The minimum atomic E-state index is -3.73.